The third-order valence-electron chi connectivity index (χ3n) is 5.53. The molecule has 2 aromatic carbocycles. The zero-order chi connectivity index (χ0) is 30.0. The SMILES string of the molecule is C=C(C)C(=O)OCc1cc(COC(=O)C(C)C)cc(-c2ccc(COC(=O)C(=C)C)cc2COC(=O)C(=C)C)c1. The predicted octanol–water partition coefficient (Wildman–Crippen LogP) is 5.91. The summed E-state index contributed by atoms with van der Waals surface area (Å²) in [4.78, 5) is 48.1. The number of carbonyl (C=O) groups excluding carboxylic acids is 4. The van der Waals surface area contributed by atoms with Crippen molar-refractivity contribution >= 4 is 23.9 Å². The van der Waals surface area contributed by atoms with E-state index >= 15 is 0 Å². The van der Waals surface area contributed by atoms with Crippen LogP contribution in [0.15, 0.2) is 72.9 Å². The third-order valence-corrected chi connectivity index (χ3v) is 5.53. The Kier molecular flexibility index (Phi) is 11.6. The molecule has 0 aliphatic rings. The number of hydrogen-bond acceptors (Lipinski definition) is 8. The van der Waals surface area contributed by atoms with Crippen molar-refractivity contribution in [3.05, 3.63) is 95.1 Å². The Balaban J connectivity index is 2.52. The van der Waals surface area contributed by atoms with E-state index in [0.29, 0.717) is 33.4 Å². The number of ether oxygens (including phenoxy) is 4. The van der Waals surface area contributed by atoms with Crippen molar-refractivity contribution in [1.82, 2.24) is 0 Å². The second-order valence-corrected chi connectivity index (χ2v) is 9.86. The monoisotopic (exact) mass is 548 g/mol. The average molecular weight is 549 g/mol. The van der Waals surface area contributed by atoms with Crippen LogP contribution in [0.2, 0.25) is 0 Å². The van der Waals surface area contributed by atoms with Gasteiger partial charge in [-0.15, -0.1) is 0 Å². The van der Waals surface area contributed by atoms with Crippen LogP contribution in [0.3, 0.4) is 0 Å². The molecule has 40 heavy (non-hydrogen) atoms. The first-order chi connectivity index (χ1) is 18.8. The minimum atomic E-state index is -0.549. The number of carbonyl (C=O) groups is 4. The number of hydrogen-bond donors (Lipinski definition) is 0. The lowest BCUT2D eigenvalue weighted by Gasteiger charge is -2.16. The molecule has 0 saturated carbocycles. The molecule has 0 N–H and O–H groups in total. The molecule has 0 radical (unpaired) electrons. The summed E-state index contributed by atoms with van der Waals surface area (Å²) in [5.41, 5.74) is 4.89. The molecule has 0 unspecified atom stereocenters. The topological polar surface area (TPSA) is 105 Å². The Bertz CT molecular complexity index is 1330. The van der Waals surface area contributed by atoms with Gasteiger partial charge in [0.15, 0.2) is 0 Å². The lowest BCUT2D eigenvalue weighted by atomic mass is 9.95. The molecule has 0 heterocycles. The Hall–Kier alpha value is -4.46. The molecule has 2 aromatic rings. The molecular formula is C32H36O8. The van der Waals surface area contributed by atoms with Gasteiger partial charge in [-0.05, 0) is 78.4 Å². The number of rotatable bonds is 13. The van der Waals surface area contributed by atoms with E-state index in [2.05, 4.69) is 19.7 Å². The number of benzene rings is 2. The Morgan fingerprint density at radius 2 is 1.07 bits per heavy atom. The van der Waals surface area contributed by atoms with Crippen LogP contribution in [-0.2, 0) is 64.6 Å². The Morgan fingerprint density at radius 3 is 1.55 bits per heavy atom. The molecule has 0 spiro atoms. The molecule has 0 fully saturated rings. The van der Waals surface area contributed by atoms with E-state index < -0.39 is 17.9 Å². The molecule has 0 bridgehead atoms. The van der Waals surface area contributed by atoms with Crippen molar-refractivity contribution < 1.29 is 38.1 Å². The van der Waals surface area contributed by atoms with Gasteiger partial charge in [-0.3, -0.25) is 4.79 Å². The molecule has 212 valence electrons. The summed E-state index contributed by atoms with van der Waals surface area (Å²) in [5, 5.41) is 0. The molecule has 0 saturated heterocycles. The summed E-state index contributed by atoms with van der Waals surface area (Å²) < 4.78 is 21.5. The van der Waals surface area contributed by atoms with Crippen molar-refractivity contribution in [2.75, 3.05) is 0 Å². The largest absolute Gasteiger partial charge is 0.461 e. The molecule has 0 aromatic heterocycles. The first-order valence-corrected chi connectivity index (χ1v) is 12.7. The Morgan fingerprint density at radius 1 is 0.625 bits per heavy atom. The maximum Gasteiger partial charge on any atom is 0.333 e. The fourth-order valence-corrected chi connectivity index (χ4v) is 3.35. The summed E-state index contributed by atoms with van der Waals surface area (Å²) >= 11 is 0. The average Bonchev–Trinajstić information content (AvgIpc) is 2.91. The van der Waals surface area contributed by atoms with Crippen molar-refractivity contribution in [1.29, 1.82) is 0 Å². The minimum absolute atomic E-state index is 0.000700. The van der Waals surface area contributed by atoms with Crippen LogP contribution in [0, 0.1) is 5.92 Å². The fourth-order valence-electron chi connectivity index (χ4n) is 3.35. The van der Waals surface area contributed by atoms with Gasteiger partial charge >= 0.3 is 23.9 Å². The molecule has 0 aliphatic heterocycles. The van der Waals surface area contributed by atoms with E-state index in [9.17, 15) is 19.2 Å². The van der Waals surface area contributed by atoms with Gasteiger partial charge in [-0.25, -0.2) is 14.4 Å². The van der Waals surface area contributed by atoms with Gasteiger partial charge in [0.25, 0.3) is 0 Å². The molecule has 8 heteroatoms. The highest BCUT2D eigenvalue weighted by atomic mass is 16.5. The zero-order valence-corrected chi connectivity index (χ0v) is 23.8. The fraction of sp³-hybridized carbons (Fsp3) is 0.312. The van der Waals surface area contributed by atoms with Crippen LogP contribution in [0.25, 0.3) is 11.1 Å². The van der Waals surface area contributed by atoms with Crippen LogP contribution in [0.4, 0.5) is 0 Å². The molecular weight excluding hydrogens is 512 g/mol. The van der Waals surface area contributed by atoms with E-state index in [4.69, 9.17) is 18.9 Å². The summed E-state index contributed by atoms with van der Waals surface area (Å²) in [5.74, 6) is -2.23. The second-order valence-electron chi connectivity index (χ2n) is 9.86. The highest BCUT2D eigenvalue weighted by Gasteiger charge is 2.15. The molecule has 2 rings (SSSR count). The zero-order valence-electron chi connectivity index (χ0n) is 23.8. The maximum absolute atomic E-state index is 12.2. The van der Waals surface area contributed by atoms with E-state index in [-0.39, 0.29) is 55.0 Å². The van der Waals surface area contributed by atoms with Crippen LogP contribution in [0.1, 0.15) is 56.9 Å². The molecule has 0 amide bonds. The maximum atomic E-state index is 12.2. The summed E-state index contributed by atoms with van der Waals surface area (Å²) in [6.45, 7) is 18.9. The van der Waals surface area contributed by atoms with Crippen LogP contribution >= 0.6 is 0 Å². The van der Waals surface area contributed by atoms with Gasteiger partial charge in [0.05, 0.1) is 5.92 Å². The normalized spacial score (nSPS) is 10.4. The van der Waals surface area contributed by atoms with Gasteiger partial charge < -0.3 is 18.9 Å². The lowest BCUT2D eigenvalue weighted by Crippen LogP contribution is -2.12. The van der Waals surface area contributed by atoms with Crippen molar-refractivity contribution in [3.8, 4) is 11.1 Å². The van der Waals surface area contributed by atoms with E-state index in [0.717, 1.165) is 0 Å². The molecule has 0 atom stereocenters. The summed E-state index contributed by atoms with van der Waals surface area (Å²) in [6, 6.07) is 10.8. The Labute approximate surface area is 235 Å². The first kappa shape index (κ1) is 31.8. The predicted molar refractivity (Wildman–Crippen MR) is 150 cm³/mol. The standard InChI is InChI=1S/C32H36O8/c1-19(2)29(33)37-15-23-9-10-28(27(12-23)18-40-32(36)22(7)8)26-13-24(16-38-30(34)20(3)4)11-25(14-26)17-39-31(35)21(5)6/h9-14,21H,1,3,7,15-18H2,2,4-6,8H3. The van der Waals surface area contributed by atoms with Crippen LogP contribution in [-0.4, -0.2) is 23.9 Å². The van der Waals surface area contributed by atoms with Crippen LogP contribution < -0.4 is 0 Å². The lowest BCUT2D eigenvalue weighted by molar-refractivity contribution is -0.148. The highest BCUT2D eigenvalue weighted by Crippen LogP contribution is 2.29. The van der Waals surface area contributed by atoms with Gasteiger partial charge in [0, 0.05) is 16.7 Å². The van der Waals surface area contributed by atoms with Gasteiger partial charge in [0.1, 0.15) is 26.4 Å². The molecule has 8 nitrogen and oxygen atoms in total. The third kappa shape index (κ3) is 9.69. The number of esters is 4. The minimum Gasteiger partial charge on any atom is -0.461 e. The van der Waals surface area contributed by atoms with E-state index in [1.165, 1.54) is 0 Å². The smallest absolute Gasteiger partial charge is 0.333 e. The second kappa shape index (κ2) is 14.6. The molecule has 0 aliphatic carbocycles. The van der Waals surface area contributed by atoms with Crippen molar-refractivity contribution in [3.63, 3.8) is 0 Å². The van der Waals surface area contributed by atoms with Gasteiger partial charge in [-0.2, -0.15) is 0 Å². The van der Waals surface area contributed by atoms with E-state index in [1.807, 2.05) is 18.2 Å². The van der Waals surface area contributed by atoms with E-state index in [1.54, 1.807) is 52.8 Å². The summed E-state index contributed by atoms with van der Waals surface area (Å²) in [6.07, 6.45) is 0. The van der Waals surface area contributed by atoms with Gasteiger partial charge in [-0.1, -0.05) is 45.7 Å². The van der Waals surface area contributed by atoms with Crippen molar-refractivity contribution in [2.45, 2.75) is 61.0 Å². The van der Waals surface area contributed by atoms with Gasteiger partial charge in [0.2, 0.25) is 0 Å². The van der Waals surface area contributed by atoms with Crippen molar-refractivity contribution in [2.24, 2.45) is 5.92 Å². The van der Waals surface area contributed by atoms with Crippen LogP contribution in [0.5, 0.6) is 0 Å². The highest BCUT2D eigenvalue weighted by molar-refractivity contribution is 5.88. The quantitative estimate of drug-likeness (QED) is 0.173. The summed E-state index contributed by atoms with van der Waals surface area (Å²) in [7, 11) is 0. The first-order valence-electron chi connectivity index (χ1n) is 12.7.